The van der Waals surface area contributed by atoms with Crippen LogP contribution in [-0.4, -0.2) is 62.3 Å². The van der Waals surface area contributed by atoms with Crippen molar-refractivity contribution in [2.24, 2.45) is 5.92 Å². The molecule has 3 heterocycles. The van der Waals surface area contributed by atoms with Crippen LogP contribution in [0.2, 0.25) is 18.6 Å². The van der Waals surface area contributed by atoms with Gasteiger partial charge in [0.05, 0.1) is 46.0 Å². The molecule has 0 saturated carbocycles. The number of hydrogen-bond acceptors (Lipinski definition) is 5. The number of aliphatic hydroxyl groups excluding tert-OH is 1. The second-order valence-corrected chi connectivity index (χ2v) is 17.6. The lowest BCUT2D eigenvalue weighted by atomic mass is 9.82. The van der Waals surface area contributed by atoms with Crippen molar-refractivity contribution < 1.29 is 24.2 Å². The Kier molecular flexibility index (Phi) is 8.03. The first kappa shape index (κ1) is 30.3. The highest BCUT2D eigenvalue weighted by atomic mass is 28.3. The lowest BCUT2D eigenvalue weighted by Crippen LogP contribution is -2.52. The highest BCUT2D eigenvalue weighted by Gasteiger charge is 2.66. The Morgan fingerprint density at radius 1 is 1.09 bits per heavy atom. The first-order valence-corrected chi connectivity index (χ1v) is 18.6. The van der Waals surface area contributed by atoms with Crippen LogP contribution in [0.4, 0.5) is 5.69 Å². The summed E-state index contributed by atoms with van der Waals surface area (Å²) in [6.07, 6.45) is 2.00. The van der Waals surface area contributed by atoms with Gasteiger partial charge in [-0.05, 0) is 41.3 Å². The van der Waals surface area contributed by atoms with Crippen molar-refractivity contribution in [1.82, 2.24) is 4.90 Å². The van der Waals surface area contributed by atoms with Crippen LogP contribution in [0.15, 0.2) is 85.5 Å². The topological polar surface area (TPSA) is 79.3 Å². The summed E-state index contributed by atoms with van der Waals surface area (Å²) in [7, 11) is -0.725. The first-order chi connectivity index (χ1) is 21.2. The van der Waals surface area contributed by atoms with Gasteiger partial charge in [0.15, 0.2) is 5.60 Å². The van der Waals surface area contributed by atoms with E-state index in [-0.39, 0.29) is 42.3 Å². The number of ether oxygens (including phenoxy) is 2. The van der Waals surface area contributed by atoms with E-state index >= 15 is 0 Å². The molecule has 0 aliphatic carbocycles. The molecule has 8 heteroatoms. The number of para-hydroxylation sites is 1. The zero-order chi connectivity index (χ0) is 31.2. The van der Waals surface area contributed by atoms with Gasteiger partial charge in [-0.3, -0.25) is 9.59 Å². The Balaban J connectivity index is 1.41. The van der Waals surface area contributed by atoms with Crippen LogP contribution in [0.25, 0.3) is 0 Å². The molecule has 7 nitrogen and oxygen atoms in total. The Bertz CT molecular complexity index is 1570. The molecule has 0 unspecified atom stereocenters. The molecule has 3 aliphatic rings. The van der Waals surface area contributed by atoms with E-state index in [1.807, 2.05) is 53.4 Å². The van der Waals surface area contributed by atoms with E-state index in [0.717, 1.165) is 22.6 Å². The van der Waals surface area contributed by atoms with Crippen LogP contribution in [0, 0.1) is 5.92 Å². The van der Waals surface area contributed by atoms with Gasteiger partial charge in [-0.25, -0.2) is 0 Å². The van der Waals surface area contributed by atoms with Gasteiger partial charge in [-0.15, -0.1) is 6.58 Å². The van der Waals surface area contributed by atoms with Gasteiger partial charge in [-0.2, -0.15) is 0 Å². The molecule has 1 saturated heterocycles. The fourth-order valence-corrected chi connectivity index (χ4v) is 12.1. The minimum atomic E-state index is -2.38. The molecule has 2 amide bonds. The number of amides is 2. The normalized spacial score (nSPS) is 26.1. The Hall–Kier alpha value is -3.72. The fourth-order valence-electron chi connectivity index (χ4n) is 8.11. The maximum absolute atomic E-state index is 14.5. The molecule has 0 aromatic heterocycles. The van der Waals surface area contributed by atoms with Crippen molar-refractivity contribution in [2.45, 2.75) is 62.7 Å². The number of carbonyl (C=O) groups is 2. The molecule has 1 spiro atoms. The third-order valence-corrected chi connectivity index (χ3v) is 14.7. The summed E-state index contributed by atoms with van der Waals surface area (Å²) < 4.78 is 12.5. The maximum Gasteiger partial charge on any atom is 0.264 e. The van der Waals surface area contributed by atoms with Crippen molar-refractivity contribution >= 4 is 30.8 Å². The molecule has 1 N–H and O–H groups in total. The standard InChI is InChI=1S/C36H42N2O5Si/c1-6-19-37-31-14-10-9-13-30(31)36(35(37)41)24(2)34(44(4,5)29-17-15-28(42-3)16-18-29)32(43-36)21-33(40)38-22-26-12-8-7-11-25(26)20-27(38)23-39/h6-18,24,27,32,34,39H,1,19-23H2,2-5H3/t24-,27+,32+,34-,36+/m1/s1. The van der Waals surface area contributed by atoms with E-state index < -0.39 is 19.8 Å². The molecule has 230 valence electrons. The number of methoxy groups -OCH3 is 1. The molecule has 5 atom stereocenters. The van der Waals surface area contributed by atoms with Gasteiger partial charge in [-0.1, -0.05) is 85.9 Å². The van der Waals surface area contributed by atoms with Crippen LogP contribution >= 0.6 is 0 Å². The van der Waals surface area contributed by atoms with Crippen LogP contribution < -0.4 is 14.8 Å². The molecule has 0 bridgehead atoms. The summed E-state index contributed by atoms with van der Waals surface area (Å²) in [4.78, 5) is 32.3. The van der Waals surface area contributed by atoms with Crippen molar-refractivity contribution in [3.05, 3.63) is 102 Å². The molecular weight excluding hydrogens is 568 g/mol. The van der Waals surface area contributed by atoms with Crippen LogP contribution in [-0.2, 0) is 32.9 Å². The average Bonchev–Trinajstić information content (AvgIpc) is 3.47. The van der Waals surface area contributed by atoms with Gasteiger partial charge in [0, 0.05) is 24.6 Å². The van der Waals surface area contributed by atoms with E-state index in [4.69, 9.17) is 9.47 Å². The summed E-state index contributed by atoms with van der Waals surface area (Å²) in [6.45, 7) is 11.4. The van der Waals surface area contributed by atoms with Crippen LogP contribution in [0.3, 0.4) is 0 Å². The predicted molar refractivity (Wildman–Crippen MR) is 175 cm³/mol. The second kappa shape index (κ2) is 11.7. The van der Waals surface area contributed by atoms with Gasteiger partial charge in [0.1, 0.15) is 5.75 Å². The Morgan fingerprint density at radius 3 is 2.45 bits per heavy atom. The zero-order valence-electron chi connectivity index (χ0n) is 26.0. The van der Waals surface area contributed by atoms with E-state index in [9.17, 15) is 14.7 Å². The molecule has 44 heavy (non-hydrogen) atoms. The summed E-state index contributed by atoms with van der Waals surface area (Å²) in [6, 6.07) is 23.9. The lowest BCUT2D eigenvalue weighted by Gasteiger charge is -2.39. The average molecular weight is 611 g/mol. The summed E-state index contributed by atoms with van der Waals surface area (Å²) in [5.41, 5.74) is 2.72. The highest BCUT2D eigenvalue weighted by Crippen LogP contribution is 2.60. The first-order valence-electron chi connectivity index (χ1n) is 15.5. The van der Waals surface area contributed by atoms with Gasteiger partial charge in [0.2, 0.25) is 5.91 Å². The van der Waals surface area contributed by atoms with Gasteiger partial charge < -0.3 is 24.4 Å². The number of fused-ring (bicyclic) bond motifs is 3. The molecule has 3 aromatic carbocycles. The van der Waals surface area contributed by atoms with E-state index in [0.29, 0.717) is 19.5 Å². The number of carbonyl (C=O) groups excluding carboxylic acids is 2. The van der Waals surface area contributed by atoms with E-state index in [1.54, 1.807) is 18.1 Å². The largest absolute Gasteiger partial charge is 0.497 e. The maximum atomic E-state index is 14.5. The lowest BCUT2D eigenvalue weighted by molar-refractivity contribution is -0.150. The third-order valence-electron chi connectivity index (χ3n) is 10.3. The Labute approximate surface area is 261 Å². The van der Waals surface area contributed by atoms with Crippen molar-refractivity contribution in [3.8, 4) is 5.75 Å². The monoisotopic (exact) mass is 610 g/mol. The van der Waals surface area contributed by atoms with Gasteiger partial charge in [0.25, 0.3) is 5.91 Å². The van der Waals surface area contributed by atoms with Crippen molar-refractivity contribution in [3.63, 3.8) is 0 Å². The number of nitrogens with zero attached hydrogens (tertiary/aromatic N) is 2. The number of aliphatic hydroxyl groups is 1. The fraction of sp³-hybridized carbons (Fsp3) is 0.389. The number of anilines is 1. The predicted octanol–water partition coefficient (Wildman–Crippen LogP) is 4.78. The quantitative estimate of drug-likeness (QED) is 0.294. The zero-order valence-corrected chi connectivity index (χ0v) is 27.0. The molecular formula is C36H42N2O5Si. The minimum absolute atomic E-state index is 0.0508. The molecule has 1 fully saturated rings. The SMILES string of the molecule is C=CCN1C(=O)[C@@]2(O[C@@H](CC(=O)N3Cc4ccccc4C[C@H]3CO)[C@H]([Si](C)(C)c3ccc(OC)cc3)[C@H]2C)c2ccccc21. The highest BCUT2D eigenvalue weighted by molar-refractivity contribution is 6.91. The van der Waals surface area contributed by atoms with Gasteiger partial charge >= 0.3 is 0 Å². The van der Waals surface area contributed by atoms with Crippen LogP contribution in [0.5, 0.6) is 5.75 Å². The van der Waals surface area contributed by atoms with Crippen LogP contribution in [0.1, 0.15) is 30.0 Å². The summed E-state index contributed by atoms with van der Waals surface area (Å²) in [5.74, 6) is 0.450. The van der Waals surface area contributed by atoms with E-state index in [1.165, 1.54) is 10.8 Å². The van der Waals surface area contributed by atoms with E-state index in [2.05, 4.69) is 50.9 Å². The summed E-state index contributed by atoms with van der Waals surface area (Å²) in [5, 5.41) is 11.5. The number of rotatable bonds is 8. The smallest absolute Gasteiger partial charge is 0.264 e. The number of benzene rings is 3. The molecule has 0 radical (unpaired) electrons. The van der Waals surface area contributed by atoms with Crippen molar-refractivity contribution in [1.29, 1.82) is 0 Å². The summed E-state index contributed by atoms with van der Waals surface area (Å²) >= 11 is 0. The second-order valence-electron chi connectivity index (χ2n) is 12.9. The Morgan fingerprint density at radius 2 is 1.77 bits per heavy atom. The third kappa shape index (κ3) is 4.71. The molecule has 3 aliphatic heterocycles. The number of hydrogen-bond donors (Lipinski definition) is 1. The minimum Gasteiger partial charge on any atom is -0.497 e. The molecule has 6 rings (SSSR count). The van der Waals surface area contributed by atoms with Crippen molar-refractivity contribution in [2.75, 3.05) is 25.2 Å². The molecule has 3 aromatic rings.